The topological polar surface area (TPSA) is 26.7 Å². The molecule has 0 amide bonds. The van der Waals surface area contributed by atoms with Crippen molar-refractivity contribution in [3.63, 3.8) is 0 Å². The standard InChI is InChI=1S/C18H26F2N2O/c19-14-6-7-16(17(20)11-14)18(23)13-22-10-4-5-15(22)12-21-8-2-1-3-9-21/h6-7,11,15,18,23H,1-5,8-10,12-13H2. The molecule has 2 heterocycles. The Morgan fingerprint density at radius 3 is 2.61 bits per heavy atom. The molecule has 0 aliphatic carbocycles. The lowest BCUT2D eigenvalue weighted by molar-refractivity contribution is 0.0857. The van der Waals surface area contributed by atoms with Crippen LogP contribution in [0.25, 0.3) is 0 Å². The fourth-order valence-electron chi connectivity index (χ4n) is 3.87. The number of hydrogen-bond acceptors (Lipinski definition) is 3. The second-order valence-corrected chi connectivity index (χ2v) is 6.83. The van der Waals surface area contributed by atoms with Crippen LogP contribution >= 0.6 is 0 Å². The third kappa shape index (κ3) is 4.28. The largest absolute Gasteiger partial charge is 0.387 e. The molecule has 2 atom stereocenters. The van der Waals surface area contributed by atoms with Crippen molar-refractivity contribution in [2.45, 2.75) is 44.2 Å². The number of hydrogen-bond donors (Lipinski definition) is 1. The van der Waals surface area contributed by atoms with Gasteiger partial charge in [0.05, 0.1) is 6.10 Å². The van der Waals surface area contributed by atoms with E-state index in [-0.39, 0.29) is 5.56 Å². The highest BCUT2D eigenvalue weighted by Crippen LogP contribution is 2.25. The minimum absolute atomic E-state index is 0.190. The summed E-state index contributed by atoms with van der Waals surface area (Å²) in [6.45, 7) is 4.73. The molecule has 2 aliphatic heterocycles. The maximum absolute atomic E-state index is 13.8. The first kappa shape index (κ1) is 16.8. The molecule has 5 heteroatoms. The Hall–Kier alpha value is -1.04. The average molecular weight is 324 g/mol. The predicted molar refractivity (Wildman–Crippen MR) is 86.2 cm³/mol. The number of aliphatic hydroxyl groups excluding tert-OH is 1. The van der Waals surface area contributed by atoms with Crippen molar-refractivity contribution in [2.75, 3.05) is 32.7 Å². The van der Waals surface area contributed by atoms with E-state index < -0.39 is 17.7 Å². The first-order valence-corrected chi connectivity index (χ1v) is 8.73. The number of β-amino-alcohol motifs (C(OH)–C–C–N with tert-alkyl or cyclic N) is 1. The van der Waals surface area contributed by atoms with E-state index in [0.717, 1.165) is 32.0 Å². The highest BCUT2D eigenvalue weighted by molar-refractivity contribution is 5.21. The normalized spacial score (nSPS) is 24.9. The van der Waals surface area contributed by atoms with Gasteiger partial charge in [-0.25, -0.2) is 8.78 Å². The summed E-state index contributed by atoms with van der Waals surface area (Å²) in [5, 5.41) is 10.4. The molecule has 2 fully saturated rings. The SMILES string of the molecule is OC(CN1CCCC1CN1CCCCC1)c1ccc(F)cc1F. The van der Waals surface area contributed by atoms with Crippen molar-refractivity contribution in [1.29, 1.82) is 0 Å². The summed E-state index contributed by atoms with van der Waals surface area (Å²) in [4.78, 5) is 4.78. The van der Waals surface area contributed by atoms with Crippen molar-refractivity contribution >= 4 is 0 Å². The smallest absolute Gasteiger partial charge is 0.131 e. The molecular weight excluding hydrogens is 298 g/mol. The number of aliphatic hydroxyl groups is 1. The van der Waals surface area contributed by atoms with Crippen LogP contribution < -0.4 is 0 Å². The maximum atomic E-state index is 13.8. The van der Waals surface area contributed by atoms with Crippen LogP contribution in [0, 0.1) is 11.6 Å². The minimum atomic E-state index is -0.905. The van der Waals surface area contributed by atoms with E-state index in [4.69, 9.17) is 0 Å². The van der Waals surface area contributed by atoms with Crippen molar-refractivity contribution in [3.05, 3.63) is 35.4 Å². The number of halogens is 2. The molecule has 0 radical (unpaired) electrons. The van der Waals surface area contributed by atoms with E-state index in [0.29, 0.717) is 12.6 Å². The van der Waals surface area contributed by atoms with Crippen LogP contribution in [-0.4, -0.2) is 53.7 Å². The third-order valence-electron chi connectivity index (χ3n) is 5.15. The lowest BCUT2D eigenvalue weighted by Gasteiger charge is -2.33. The maximum Gasteiger partial charge on any atom is 0.131 e. The molecule has 0 bridgehead atoms. The zero-order chi connectivity index (χ0) is 16.2. The fourth-order valence-corrected chi connectivity index (χ4v) is 3.87. The van der Waals surface area contributed by atoms with Crippen LogP contribution in [0.15, 0.2) is 18.2 Å². The van der Waals surface area contributed by atoms with E-state index in [1.807, 2.05) is 0 Å². The molecule has 2 saturated heterocycles. The lowest BCUT2D eigenvalue weighted by atomic mass is 10.1. The van der Waals surface area contributed by atoms with Crippen LogP contribution in [0.5, 0.6) is 0 Å². The summed E-state index contributed by atoms with van der Waals surface area (Å²) in [6, 6.07) is 3.83. The summed E-state index contributed by atoms with van der Waals surface area (Å²) in [6.07, 6.45) is 5.23. The Balaban J connectivity index is 1.59. The predicted octanol–water partition coefficient (Wildman–Crippen LogP) is 2.95. The van der Waals surface area contributed by atoms with Crippen LogP contribution in [0.2, 0.25) is 0 Å². The van der Waals surface area contributed by atoms with Gasteiger partial charge in [0.15, 0.2) is 0 Å². The summed E-state index contributed by atoms with van der Waals surface area (Å²) in [5.74, 6) is -1.27. The summed E-state index contributed by atoms with van der Waals surface area (Å²) in [5.41, 5.74) is 0.190. The first-order chi connectivity index (χ1) is 11.1. The number of benzene rings is 1. The van der Waals surface area contributed by atoms with E-state index in [9.17, 15) is 13.9 Å². The average Bonchev–Trinajstić information content (AvgIpc) is 2.95. The van der Waals surface area contributed by atoms with Gasteiger partial charge in [0, 0.05) is 30.8 Å². The number of piperidine rings is 1. The molecule has 23 heavy (non-hydrogen) atoms. The molecule has 0 saturated carbocycles. The van der Waals surface area contributed by atoms with Crippen molar-refractivity contribution < 1.29 is 13.9 Å². The molecule has 1 N–H and O–H groups in total. The lowest BCUT2D eigenvalue weighted by Crippen LogP contribution is -2.43. The van der Waals surface area contributed by atoms with Gasteiger partial charge in [-0.15, -0.1) is 0 Å². The highest BCUT2D eigenvalue weighted by Gasteiger charge is 2.29. The molecular formula is C18H26F2N2O. The Morgan fingerprint density at radius 2 is 1.87 bits per heavy atom. The van der Waals surface area contributed by atoms with Crippen molar-refractivity contribution in [3.8, 4) is 0 Å². The number of rotatable bonds is 5. The third-order valence-corrected chi connectivity index (χ3v) is 5.15. The molecule has 2 unspecified atom stereocenters. The molecule has 0 spiro atoms. The zero-order valence-corrected chi connectivity index (χ0v) is 13.6. The second kappa shape index (κ2) is 7.69. The molecule has 0 aromatic heterocycles. The Morgan fingerprint density at radius 1 is 1.09 bits per heavy atom. The van der Waals surface area contributed by atoms with Gasteiger partial charge < -0.3 is 10.0 Å². The fraction of sp³-hybridized carbons (Fsp3) is 0.667. The van der Waals surface area contributed by atoms with Crippen LogP contribution in [-0.2, 0) is 0 Å². The minimum Gasteiger partial charge on any atom is -0.387 e. The highest BCUT2D eigenvalue weighted by atomic mass is 19.1. The van der Waals surface area contributed by atoms with Gasteiger partial charge in [-0.1, -0.05) is 12.5 Å². The quantitative estimate of drug-likeness (QED) is 0.902. The number of nitrogens with zero attached hydrogens (tertiary/aromatic N) is 2. The first-order valence-electron chi connectivity index (χ1n) is 8.73. The summed E-state index contributed by atoms with van der Waals surface area (Å²) < 4.78 is 26.8. The Labute approximate surface area is 136 Å². The molecule has 3 rings (SSSR count). The molecule has 1 aromatic rings. The number of likely N-dealkylation sites (tertiary alicyclic amines) is 2. The zero-order valence-electron chi connectivity index (χ0n) is 13.6. The molecule has 2 aliphatic rings. The Kier molecular flexibility index (Phi) is 5.62. The van der Waals surface area contributed by atoms with E-state index in [2.05, 4.69) is 9.80 Å². The van der Waals surface area contributed by atoms with E-state index >= 15 is 0 Å². The van der Waals surface area contributed by atoms with Crippen LogP contribution in [0.3, 0.4) is 0 Å². The van der Waals surface area contributed by atoms with Crippen molar-refractivity contribution in [1.82, 2.24) is 9.80 Å². The van der Waals surface area contributed by atoms with Gasteiger partial charge in [0.2, 0.25) is 0 Å². The Bertz CT molecular complexity index is 520. The van der Waals surface area contributed by atoms with Gasteiger partial charge in [0.25, 0.3) is 0 Å². The molecule has 128 valence electrons. The van der Waals surface area contributed by atoms with E-state index in [1.54, 1.807) is 0 Å². The van der Waals surface area contributed by atoms with Crippen molar-refractivity contribution in [2.24, 2.45) is 0 Å². The van der Waals surface area contributed by atoms with E-state index in [1.165, 1.54) is 44.5 Å². The van der Waals surface area contributed by atoms with Gasteiger partial charge in [-0.05, 0) is 51.4 Å². The molecule has 3 nitrogen and oxygen atoms in total. The summed E-state index contributed by atoms with van der Waals surface area (Å²) >= 11 is 0. The van der Waals surface area contributed by atoms with Crippen LogP contribution in [0.1, 0.15) is 43.8 Å². The van der Waals surface area contributed by atoms with Gasteiger partial charge >= 0.3 is 0 Å². The molecule has 1 aromatic carbocycles. The van der Waals surface area contributed by atoms with Crippen LogP contribution in [0.4, 0.5) is 8.78 Å². The van der Waals surface area contributed by atoms with Gasteiger partial charge in [0.1, 0.15) is 11.6 Å². The second-order valence-electron chi connectivity index (χ2n) is 6.83. The monoisotopic (exact) mass is 324 g/mol. The van der Waals surface area contributed by atoms with Gasteiger partial charge in [-0.2, -0.15) is 0 Å². The summed E-state index contributed by atoms with van der Waals surface area (Å²) in [7, 11) is 0. The van der Waals surface area contributed by atoms with Gasteiger partial charge in [-0.3, -0.25) is 4.90 Å².